The van der Waals surface area contributed by atoms with Crippen molar-refractivity contribution in [2.45, 2.75) is 13.3 Å². The van der Waals surface area contributed by atoms with Gasteiger partial charge in [0.2, 0.25) is 5.91 Å². The van der Waals surface area contributed by atoms with Crippen molar-refractivity contribution in [1.82, 2.24) is 4.98 Å². The van der Waals surface area contributed by atoms with Gasteiger partial charge in [-0.05, 0) is 30.7 Å². The monoisotopic (exact) mass is 259 g/mol. The van der Waals surface area contributed by atoms with Gasteiger partial charge in [0.05, 0.1) is 11.6 Å². The molecular formula is C13H10ClN3O. The largest absolute Gasteiger partial charge is 0.325 e. The summed E-state index contributed by atoms with van der Waals surface area (Å²) in [6.07, 6.45) is -0.167. The van der Waals surface area contributed by atoms with E-state index in [1.54, 1.807) is 24.3 Å². The van der Waals surface area contributed by atoms with Crippen LogP contribution in [0, 0.1) is 18.3 Å². The van der Waals surface area contributed by atoms with Crippen molar-refractivity contribution in [2.24, 2.45) is 0 Å². The van der Waals surface area contributed by atoms with Crippen LogP contribution in [0.25, 0.3) is 10.9 Å². The lowest BCUT2D eigenvalue weighted by atomic mass is 10.1. The van der Waals surface area contributed by atoms with Crippen molar-refractivity contribution in [3.8, 4) is 6.07 Å². The van der Waals surface area contributed by atoms with E-state index < -0.39 is 0 Å². The number of hydrogen-bond donors (Lipinski definition) is 1. The van der Waals surface area contributed by atoms with Crippen LogP contribution in [0.4, 0.5) is 5.69 Å². The molecule has 0 aliphatic carbocycles. The Morgan fingerprint density at radius 1 is 1.50 bits per heavy atom. The molecule has 90 valence electrons. The topological polar surface area (TPSA) is 65.8 Å². The molecule has 0 aliphatic heterocycles. The van der Waals surface area contributed by atoms with Gasteiger partial charge in [0, 0.05) is 11.1 Å². The molecule has 1 heterocycles. The molecule has 0 bridgehead atoms. The van der Waals surface area contributed by atoms with Crippen molar-refractivity contribution >= 4 is 34.1 Å². The first-order valence-corrected chi connectivity index (χ1v) is 5.71. The van der Waals surface area contributed by atoms with Crippen LogP contribution in [0.3, 0.4) is 0 Å². The van der Waals surface area contributed by atoms with E-state index in [9.17, 15) is 4.79 Å². The maximum absolute atomic E-state index is 11.3. The number of fused-ring (bicyclic) bond motifs is 1. The molecule has 18 heavy (non-hydrogen) atoms. The number of nitrogens with one attached hydrogen (secondary N) is 1. The van der Waals surface area contributed by atoms with E-state index in [4.69, 9.17) is 16.9 Å². The van der Waals surface area contributed by atoms with Gasteiger partial charge in [-0.3, -0.25) is 4.79 Å². The molecule has 0 saturated heterocycles. The molecule has 0 atom stereocenters. The number of carbonyl (C=O) groups excluding carboxylic acids is 1. The Kier molecular flexibility index (Phi) is 3.45. The summed E-state index contributed by atoms with van der Waals surface area (Å²) in [4.78, 5) is 15.5. The summed E-state index contributed by atoms with van der Waals surface area (Å²) >= 11 is 5.89. The lowest BCUT2D eigenvalue weighted by Gasteiger charge is -2.06. The third-order valence-electron chi connectivity index (χ3n) is 2.51. The highest BCUT2D eigenvalue weighted by Gasteiger charge is 2.05. The van der Waals surface area contributed by atoms with Crippen molar-refractivity contribution in [2.75, 3.05) is 5.32 Å². The van der Waals surface area contributed by atoms with Crippen LogP contribution in [0.2, 0.25) is 5.15 Å². The van der Waals surface area contributed by atoms with E-state index in [1.807, 2.05) is 13.0 Å². The fraction of sp³-hybridized carbons (Fsp3) is 0.154. The fourth-order valence-corrected chi connectivity index (χ4v) is 1.97. The number of rotatable bonds is 2. The second-order valence-electron chi connectivity index (χ2n) is 3.88. The quantitative estimate of drug-likeness (QED) is 0.843. The van der Waals surface area contributed by atoms with E-state index in [-0.39, 0.29) is 12.3 Å². The normalized spacial score (nSPS) is 10.1. The molecule has 0 radical (unpaired) electrons. The van der Waals surface area contributed by atoms with Crippen LogP contribution in [-0.2, 0) is 4.79 Å². The Morgan fingerprint density at radius 2 is 2.28 bits per heavy atom. The number of aromatic nitrogens is 1. The number of carbonyl (C=O) groups is 1. The Bertz CT molecular complexity index is 661. The summed E-state index contributed by atoms with van der Waals surface area (Å²) < 4.78 is 0. The summed E-state index contributed by atoms with van der Waals surface area (Å²) in [5.74, 6) is -0.337. The Hall–Kier alpha value is -2.12. The molecule has 0 unspecified atom stereocenters. The van der Waals surface area contributed by atoms with Gasteiger partial charge in [-0.1, -0.05) is 17.7 Å². The van der Waals surface area contributed by atoms with E-state index >= 15 is 0 Å². The molecule has 2 aromatic rings. The lowest BCUT2D eigenvalue weighted by molar-refractivity contribution is -0.115. The standard InChI is InChI=1S/C13H10ClN3O/c1-8-6-12(14)17-11-7-9(2-3-10(8)11)16-13(18)4-5-15/h2-3,6-7H,4H2,1H3,(H,16,18). The van der Waals surface area contributed by atoms with E-state index in [2.05, 4.69) is 10.3 Å². The first-order chi connectivity index (χ1) is 8.60. The number of amides is 1. The van der Waals surface area contributed by atoms with Crippen molar-refractivity contribution < 1.29 is 4.79 Å². The van der Waals surface area contributed by atoms with Crippen LogP contribution in [0.15, 0.2) is 24.3 Å². The Morgan fingerprint density at radius 3 is 3.00 bits per heavy atom. The van der Waals surface area contributed by atoms with E-state index in [0.717, 1.165) is 16.5 Å². The van der Waals surface area contributed by atoms with Crippen LogP contribution in [0.5, 0.6) is 0 Å². The SMILES string of the molecule is Cc1cc(Cl)nc2cc(NC(=O)CC#N)ccc12. The summed E-state index contributed by atoms with van der Waals surface area (Å²) in [5.41, 5.74) is 2.35. The third-order valence-corrected chi connectivity index (χ3v) is 2.70. The first-order valence-electron chi connectivity index (χ1n) is 5.34. The molecule has 0 fully saturated rings. The smallest absolute Gasteiger partial charge is 0.238 e. The number of nitriles is 1. The molecular weight excluding hydrogens is 250 g/mol. The van der Waals surface area contributed by atoms with Gasteiger partial charge in [0.15, 0.2) is 0 Å². The molecule has 5 heteroatoms. The number of anilines is 1. The molecule has 0 saturated carbocycles. The molecule has 2 rings (SSSR count). The molecule has 1 aromatic carbocycles. The van der Waals surface area contributed by atoms with E-state index in [0.29, 0.717) is 10.8 Å². The van der Waals surface area contributed by atoms with E-state index in [1.165, 1.54) is 0 Å². The Labute approximate surface area is 109 Å². The van der Waals surface area contributed by atoms with Crippen molar-refractivity contribution in [3.05, 3.63) is 35.0 Å². The average Bonchev–Trinajstić information content (AvgIpc) is 2.28. The summed E-state index contributed by atoms with van der Waals surface area (Å²) in [6.45, 7) is 1.95. The number of halogens is 1. The molecule has 4 nitrogen and oxygen atoms in total. The van der Waals surface area contributed by atoms with Gasteiger partial charge < -0.3 is 5.32 Å². The molecule has 0 aliphatic rings. The zero-order valence-corrected chi connectivity index (χ0v) is 10.5. The van der Waals surface area contributed by atoms with Crippen LogP contribution in [0.1, 0.15) is 12.0 Å². The maximum atomic E-state index is 11.3. The fourth-order valence-electron chi connectivity index (χ4n) is 1.72. The predicted octanol–water partition coefficient (Wildman–Crippen LogP) is 3.05. The third kappa shape index (κ3) is 2.58. The van der Waals surface area contributed by atoms with Crippen LogP contribution >= 0.6 is 11.6 Å². The summed E-state index contributed by atoms with van der Waals surface area (Å²) in [5, 5.41) is 12.4. The van der Waals surface area contributed by atoms with Gasteiger partial charge in [0.25, 0.3) is 0 Å². The number of nitrogens with zero attached hydrogens (tertiary/aromatic N) is 2. The van der Waals surface area contributed by atoms with Crippen LogP contribution < -0.4 is 5.32 Å². The maximum Gasteiger partial charge on any atom is 0.238 e. The molecule has 0 spiro atoms. The van der Waals surface area contributed by atoms with Crippen LogP contribution in [-0.4, -0.2) is 10.9 Å². The average molecular weight is 260 g/mol. The van der Waals surface area contributed by atoms with Crippen molar-refractivity contribution in [1.29, 1.82) is 5.26 Å². The first kappa shape index (κ1) is 12.3. The number of pyridine rings is 1. The summed E-state index contributed by atoms with van der Waals surface area (Å²) in [6, 6.07) is 8.97. The molecule has 1 N–H and O–H groups in total. The van der Waals surface area contributed by atoms with Gasteiger partial charge >= 0.3 is 0 Å². The molecule has 1 amide bonds. The highest BCUT2D eigenvalue weighted by atomic mass is 35.5. The zero-order valence-electron chi connectivity index (χ0n) is 9.70. The number of benzene rings is 1. The Balaban J connectivity index is 2.39. The van der Waals surface area contributed by atoms with Gasteiger partial charge in [0.1, 0.15) is 11.6 Å². The minimum atomic E-state index is -0.337. The second kappa shape index (κ2) is 5.03. The minimum Gasteiger partial charge on any atom is -0.325 e. The molecule has 1 aromatic heterocycles. The van der Waals surface area contributed by atoms with Gasteiger partial charge in [-0.15, -0.1) is 0 Å². The van der Waals surface area contributed by atoms with Gasteiger partial charge in [-0.25, -0.2) is 4.98 Å². The summed E-state index contributed by atoms with van der Waals surface area (Å²) in [7, 11) is 0. The second-order valence-corrected chi connectivity index (χ2v) is 4.26. The number of hydrogen-bond acceptors (Lipinski definition) is 3. The number of aryl methyl sites for hydroxylation is 1. The zero-order chi connectivity index (χ0) is 13.1. The van der Waals surface area contributed by atoms with Gasteiger partial charge in [-0.2, -0.15) is 5.26 Å². The highest BCUT2D eigenvalue weighted by Crippen LogP contribution is 2.23. The van der Waals surface area contributed by atoms with Crippen molar-refractivity contribution in [3.63, 3.8) is 0 Å². The highest BCUT2D eigenvalue weighted by molar-refractivity contribution is 6.30. The lowest BCUT2D eigenvalue weighted by Crippen LogP contribution is -2.09. The minimum absolute atomic E-state index is 0.167. The predicted molar refractivity (Wildman–Crippen MR) is 70.3 cm³/mol.